The molecule has 0 aliphatic carbocycles. The van der Waals surface area contributed by atoms with Crippen LogP contribution < -0.4 is 10.6 Å². The predicted octanol–water partition coefficient (Wildman–Crippen LogP) is 3.29. The van der Waals surface area contributed by atoms with Crippen LogP contribution in [-0.4, -0.2) is 26.3 Å². The molecule has 0 spiro atoms. The molecule has 1 aromatic carbocycles. The Bertz CT molecular complexity index is 476. The quantitative estimate of drug-likeness (QED) is 0.895. The molecule has 2 N–H and O–H groups in total. The van der Waals surface area contributed by atoms with Gasteiger partial charge in [0.25, 0.3) is 0 Å². The maximum Gasteiger partial charge on any atom is 0.318 e. The summed E-state index contributed by atoms with van der Waals surface area (Å²) in [5, 5.41) is 5.27. The van der Waals surface area contributed by atoms with E-state index in [1.54, 1.807) is 7.05 Å². The van der Waals surface area contributed by atoms with E-state index in [9.17, 15) is 4.79 Å². The monoisotopic (exact) mass is 292 g/mol. The molecule has 1 aromatic rings. The minimum absolute atomic E-state index is 0.133. The molecule has 2 amide bonds. The lowest BCUT2D eigenvalue weighted by Gasteiger charge is -2.39. The van der Waals surface area contributed by atoms with Gasteiger partial charge in [-0.2, -0.15) is 0 Å². The van der Waals surface area contributed by atoms with E-state index >= 15 is 0 Å². The van der Waals surface area contributed by atoms with Gasteiger partial charge in [-0.1, -0.05) is 26.0 Å². The van der Waals surface area contributed by atoms with Crippen molar-refractivity contribution in [3.05, 3.63) is 29.8 Å². The molecule has 0 saturated carbocycles. The van der Waals surface area contributed by atoms with E-state index in [1.165, 1.54) is 0 Å². The standard InChI is InChI=1S/C16H24N2O3/c1-4-16(5-2)10-20-14(21-11-16)12-7-6-8-13(9-12)18-15(19)17-3/h6-9,14H,4-5,10-11H2,1-3H3,(H2,17,18,19). The van der Waals surface area contributed by atoms with Crippen molar-refractivity contribution in [3.8, 4) is 0 Å². The van der Waals surface area contributed by atoms with Gasteiger partial charge >= 0.3 is 6.03 Å². The van der Waals surface area contributed by atoms with Crippen molar-refractivity contribution in [2.75, 3.05) is 25.6 Å². The van der Waals surface area contributed by atoms with Crippen molar-refractivity contribution in [2.24, 2.45) is 5.41 Å². The first-order valence-electron chi connectivity index (χ1n) is 7.44. The van der Waals surface area contributed by atoms with E-state index in [2.05, 4.69) is 24.5 Å². The minimum atomic E-state index is -0.359. The van der Waals surface area contributed by atoms with Crippen LogP contribution in [0.1, 0.15) is 38.5 Å². The number of carbonyl (C=O) groups excluding carboxylic acids is 1. The summed E-state index contributed by atoms with van der Waals surface area (Å²) < 4.78 is 11.8. The number of benzene rings is 1. The number of hydrogen-bond acceptors (Lipinski definition) is 3. The second-order valence-electron chi connectivity index (χ2n) is 5.49. The van der Waals surface area contributed by atoms with E-state index in [1.807, 2.05) is 24.3 Å². The van der Waals surface area contributed by atoms with Gasteiger partial charge in [0.2, 0.25) is 0 Å². The van der Waals surface area contributed by atoms with Crippen molar-refractivity contribution in [3.63, 3.8) is 0 Å². The molecule has 5 heteroatoms. The third kappa shape index (κ3) is 3.74. The molecule has 1 aliphatic rings. The van der Waals surface area contributed by atoms with Crippen LogP contribution in [0.25, 0.3) is 0 Å². The van der Waals surface area contributed by atoms with E-state index in [0.717, 1.165) is 24.1 Å². The molecule has 5 nitrogen and oxygen atoms in total. The van der Waals surface area contributed by atoms with Crippen LogP contribution >= 0.6 is 0 Å². The summed E-state index contributed by atoms with van der Waals surface area (Å²) in [6.45, 7) is 5.75. The van der Waals surface area contributed by atoms with Gasteiger partial charge in [0.1, 0.15) is 0 Å². The van der Waals surface area contributed by atoms with Crippen LogP contribution in [0.5, 0.6) is 0 Å². The van der Waals surface area contributed by atoms with E-state index in [0.29, 0.717) is 13.2 Å². The zero-order valence-corrected chi connectivity index (χ0v) is 12.9. The van der Waals surface area contributed by atoms with Crippen LogP contribution in [0.4, 0.5) is 10.5 Å². The Hall–Kier alpha value is -1.59. The number of amides is 2. The molecule has 0 aromatic heterocycles. The fraction of sp³-hybridized carbons (Fsp3) is 0.562. The van der Waals surface area contributed by atoms with Crippen molar-refractivity contribution < 1.29 is 14.3 Å². The molecule has 21 heavy (non-hydrogen) atoms. The Morgan fingerprint density at radius 1 is 1.29 bits per heavy atom. The minimum Gasteiger partial charge on any atom is -0.348 e. The molecule has 0 radical (unpaired) electrons. The normalized spacial score (nSPS) is 18.2. The molecule has 1 aliphatic heterocycles. The average molecular weight is 292 g/mol. The van der Waals surface area contributed by atoms with Gasteiger partial charge in [-0.3, -0.25) is 0 Å². The van der Waals surface area contributed by atoms with Crippen LogP contribution in [0.3, 0.4) is 0 Å². The second kappa shape index (κ2) is 6.91. The molecular weight excluding hydrogens is 268 g/mol. The molecule has 2 rings (SSSR count). The van der Waals surface area contributed by atoms with E-state index in [-0.39, 0.29) is 17.7 Å². The number of hydrogen-bond donors (Lipinski definition) is 2. The number of carbonyl (C=O) groups is 1. The van der Waals surface area contributed by atoms with Crippen LogP contribution in [0.15, 0.2) is 24.3 Å². The van der Waals surface area contributed by atoms with Crippen molar-refractivity contribution in [1.82, 2.24) is 5.32 Å². The first kappa shape index (κ1) is 15.8. The van der Waals surface area contributed by atoms with Crippen molar-refractivity contribution >= 4 is 11.7 Å². The Kier molecular flexibility index (Phi) is 5.20. The largest absolute Gasteiger partial charge is 0.348 e. The van der Waals surface area contributed by atoms with Gasteiger partial charge < -0.3 is 20.1 Å². The maximum absolute atomic E-state index is 11.3. The number of rotatable bonds is 4. The fourth-order valence-corrected chi connectivity index (χ4v) is 2.40. The molecule has 0 bridgehead atoms. The Morgan fingerprint density at radius 2 is 1.95 bits per heavy atom. The Balaban J connectivity index is 2.03. The molecule has 0 unspecified atom stereocenters. The lowest BCUT2D eigenvalue weighted by atomic mass is 9.83. The van der Waals surface area contributed by atoms with Gasteiger partial charge in [-0.05, 0) is 25.0 Å². The molecule has 1 heterocycles. The number of ether oxygens (including phenoxy) is 2. The summed E-state index contributed by atoms with van der Waals surface area (Å²) in [4.78, 5) is 11.3. The Morgan fingerprint density at radius 3 is 2.52 bits per heavy atom. The zero-order chi connectivity index (χ0) is 15.3. The molecule has 116 valence electrons. The Labute approximate surface area is 126 Å². The molecule has 1 saturated heterocycles. The van der Waals surface area contributed by atoms with Crippen LogP contribution in [0, 0.1) is 5.41 Å². The number of anilines is 1. The second-order valence-corrected chi connectivity index (χ2v) is 5.49. The third-order valence-corrected chi connectivity index (χ3v) is 4.23. The summed E-state index contributed by atoms with van der Waals surface area (Å²) >= 11 is 0. The van der Waals surface area contributed by atoms with Crippen molar-refractivity contribution in [1.29, 1.82) is 0 Å². The number of nitrogens with one attached hydrogen (secondary N) is 2. The molecule has 0 atom stereocenters. The number of urea groups is 1. The van der Waals surface area contributed by atoms with Crippen LogP contribution in [0.2, 0.25) is 0 Å². The highest BCUT2D eigenvalue weighted by Gasteiger charge is 2.34. The highest BCUT2D eigenvalue weighted by atomic mass is 16.7. The van der Waals surface area contributed by atoms with Gasteiger partial charge in [0.15, 0.2) is 6.29 Å². The van der Waals surface area contributed by atoms with Crippen LogP contribution in [-0.2, 0) is 9.47 Å². The third-order valence-electron chi connectivity index (χ3n) is 4.23. The highest BCUT2D eigenvalue weighted by Crippen LogP contribution is 2.36. The lowest BCUT2D eigenvalue weighted by Crippen LogP contribution is -2.37. The maximum atomic E-state index is 11.3. The van der Waals surface area contributed by atoms with Gasteiger partial charge in [-0.25, -0.2) is 4.79 Å². The van der Waals surface area contributed by atoms with E-state index < -0.39 is 0 Å². The van der Waals surface area contributed by atoms with E-state index in [4.69, 9.17) is 9.47 Å². The highest BCUT2D eigenvalue weighted by molar-refractivity contribution is 5.89. The first-order valence-corrected chi connectivity index (χ1v) is 7.44. The van der Waals surface area contributed by atoms with Gasteiger partial charge in [0.05, 0.1) is 13.2 Å². The molecule has 1 fully saturated rings. The van der Waals surface area contributed by atoms with Gasteiger partial charge in [-0.15, -0.1) is 0 Å². The summed E-state index contributed by atoms with van der Waals surface area (Å²) in [6, 6.07) is 7.31. The summed E-state index contributed by atoms with van der Waals surface area (Å²) in [6.07, 6.45) is 1.74. The SMILES string of the molecule is CCC1(CC)COC(c2cccc(NC(=O)NC)c2)OC1. The zero-order valence-electron chi connectivity index (χ0n) is 12.9. The average Bonchev–Trinajstić information content (AvgIpc) is 2.55. The van der Waals surface area contributed by atoms with Gasteiger partial charge in [0, 0.05) is 23.7 Å². The summed E-state index contributed by atoms with van der Waals surface area (Å²) in [7, 11) is 1.58. The summed E-state index contributed by atoms with van der Waals surface area (Å²) in [5.74, 6) is 0. The lowest BCUT2D eigenvalue weighted by molar-refractivity contribution is -0.235. The summed E-state index contributed by atoms with van der Waals surface area (Å²) in [5.41, 5.74) is 1.78. The predicted molar refractivity (Wildman–Crippen MR) is 82.2 cm³/mol. The van der Waals surface area contributed by atoms with Crippen molar-refractivity contribution in [2.45, 2.75) is 33.0 Å². The molecular formula is C16H24N2O3. The first-order chi connectivity index (χ1) is 10.1. The smallest absolute Gasteiger partial charge is 0.318 e. The topological polar surface area (TPSA) is 59.6 Å². The fourth-order valence-electron chi connectivity index (χ4n) is 2.40.